The summed E-state index contributed by atoms with van der Waals surface area (Å²) in [5, 5.41) is 4.17. The van der Waals surface area contributed by atoms with Gasteiger partial charge in [0.2, 0.25) is 0 Å². The SMILES string of the molecule is CNC(C)c1ccc(OC)c(CSc2ncc[nH]2)c1. The highest BCUT2D eigenvalue weighted by atomic mass is 32.2. The van der Waals surface area contributed by atoms with E-state index in [0.717, 1.165) is 16.7 Å². The maximum absolute atomic E-state index is 5.42. The quantitative estimate of drug-likeness (QED) is 0.797. The van der Waals surface area contributed by atoms with Crippen molar-refractivity contribution in [2.45, 2.75) is 23.9 Å². The van der Waals surface area contributed by atoms with Crippen LogP contribution in [0.5, 0.6) is 5.75 Å². The number of thioether (sulfide) groups is 1. The third kappa shape index (κ3) is 3.52. The minimum Gasteiger partial charge on any atom is -0.496 e. The van der Waals surface area contributed by atoms with E-state index >= 15 is 0 Å². The first-order valence-corrected chi connectivity index (χ1v) is 7.19. The number of imidazole rings is 1. The molecule has 0 saturated carbocycles. The van der Waals surface area contributed by atoms with Crippen molar-refractivity contribution in [3.8, 4) is 5.75 Å². The fourth-order valence-corrected chi connectivity index (χ4v) is 2.63. The van der Waals surface area contributed by atoms with Gasteiger partial charge in [-0.2, -0.15) is 0 Å². The van der Waals surface area contributed by atoms with Crippen LogP contribution >= 0.6 is 11.8 Å². The van der Waals surface area contributed by atoms with Gasteiger partial charge < -0.3 is 15.0 Å². The molecule has 1 heterocycles. The Morgan fingerprint density at radius 2 is 2.32 bits per heavy atom. The first kappa shape index (κ1) is 14.0. The highest BCUT2D eigenvalue weighted by Gasteiger charge is 2.09. The molecule has 2 rings (SSSR count). The lowest BCUT2D eigenvalue weighted by molar-refractivity contribution is 0.411. The maximum atomic E-state index is 5.42. The largest absolute Gasteiger partial charge is 0.496 e. The molecule has 1 aromatic carbocycles. The van der Waals surface area contributed by atoms with Crippen LogP contribution < -0.4 is 10.1 Å². The topological polar surface area (TPSA) is 49.9 Å². The molecule has 0 radical (unpaired) electrons. The monoisotopic (exact) mass is 277 g/mol. The van der Waals surface area contributed by atoms with Crippen molar-refractivity contribution < 1.29 is 4.74 Å². The summed E-state index contributed by atoms with van der Waals surface area (Å²) in [4.78, 5) is 7.31. The molecule has 0 bridgehead atoms. The average Bonchev–Trinajstić information content (AvgIpc) is 2.97. The fraction of sp³-hybridized carbons (Fsp3) is 0.357. The Balaban J connectivity index is 2.16. The van der Waals surface area contributed by atoms with Gasteiger partial charge in [0.25, 0.3) is 0 Å². The van der Waals surface area contributed by atoms with Gasteiger partial charge in [0.05, 0.1) is 7.11 Å². The Kier molecular flexibility index (Phi) is 4.87. The normalized spacial score (nSPS) is 12.4. The lowest BCUT2D eigenvalue weighted by atomic mass is 10.1. The number of rotatable bonds is 6. The third-order valence-corrected chi connectivity index (χ3v) is 4.03. The van der Waals surface area contributed by atoms with Gasteiger partial charge in [-0.1, -0.05) is 17.8 Å². The number of methoxy groups -OCH3 is 1. The van der Waals surface area contributed by atoms with Gasteiger partial charge in [0, 0.05) is 29.8 Å². The van der Waals surface area contributed by atoms with E-state index in [1.54, 1.807) is 25.1 Å². The molecule has 102 valence electrons. The van der Waals surface area contributed by atoms with Gasteiger partial charge in [-0.3, -0.25) is 0 Å². The second kappa shape index (κ2) is 6.63. The zero-order valence-electron chi connectivity index (χ0n) is 11.4. The Bertz CT molecular complexity index is 513. The van der Waals surface area contributed by atoms with E-state index in [-0.39, 0.29) is 0 Å². The van der Waals surface area contributed by atoms with Crippen LogP contribution in [0.3, 0.4) is 0 Å². The molecule has 1 aromatic heterocycles. The van der Waals surface area contributed by atoms with Crippen molar-refractivity contribution in [1.82, 2.24) is 15.3 Å². The minimum atomic E-state index is 0.332. The molecule has 0 fully saturated rings. The van der Waals surface area contributed by atoms with Crippen LogP contribution in [0, 0.1) is 0 Å². The van der Waals surface area contributed by atoms with Crippen LogP contribution in [-0.4, -0.2) is 24.1 Å². The number of aromatic nitrogens is 2. The minimum absolute atomic E-state index is 0.332. The lowest BCUT2D eigenvalue weighted by Crippen LogP contribution is -2.12. The summed E-state index contributed by atoms with van der Waals surface area (Å²) >= 11 is 1.67. The number of nitrogens with zero attached hydrogens (tertiary/aromatic N) is 1. The van der Waals surface area contributed by atoms with Gasteiger partial charge in [0.1, 0.15) is 5.75 Å². The Morgan fingerprint density at radius 3 is 2.95 bits per heavy atom. The molecule has 0 aliphatic rings. The maximum Gasteiger partial charge on any atom is 0.165 e. The number of ether oxygens (including phenoxy) is 1. The molecule has 0 spiro atoms. The van der Waals surface area contributed by atoms with Crippen molar-refractivity contribution in [2.24, 2.45) is 0 Å². The molecule has 1 unspecified atom stereocenters. The summed E-state index contributed by atoms with van der Waals surface area (Å²) in [6, 6.07) is 6.65. The average molecular weight is 277 g/mol. The van der Waals surface area contributed by atoms with Crippen molar-refractivity contribution >= 4 is 11.8 Å². The summed E-state index contributed by atoms with van der Waals surface area (Å²) in [6.07, 6.45) is 3.60. The van der Waals surface area contributed by atoms with E-state index in [9.17, 15) is 0 Å². The number of hydrogen-bond donors (Lipinski definition) is 2. The van der Waals surface area contributed by atoms with Crippen LogP contribution in [-0.2, 0) is 5.75 Å². The summed E-state index contributed by atoms with van der Waals surface area (Å²) in [6.45, 7) is 2.14. The van der Waals surface area contributed by atoms with Crippen molar-refractivity contribution in [1.29, 1.82) is 0 Å². The Morgan fingerprint density at radius 1 is 1.47 bits per heavy atom. The second-order valence-corrected chi connectivity index (χ2v) is 5.23. The zero-order chi connectivity index (χ0) is 13.7. The molecule has 2 aromatic rings. The van der Waals surface area contributed by atoms with Gasteiger partial charge in [-0.25, -0.2) is 4.98 Å². The van der Waals surface area contributed by atoms with Crippen molar-refractivity contribution in [2.75, 3.05) is 14.2 Å². The molecular formula is C14H19N3OS. The first-order valence-electron chi connectivity index (χ1n) is 6.21. The van der Waals surface area contributed by atoms with Crippen molar-refractivity contribution in [3.05, 3.63) is 41.7 Å². The van der Waals surface area contributed by atoms with Crippen LogP contribution in [0.25, 0.3) is 0 Å². The van der Waals surface area contributed by atoms with Crippen LogP contribution in [0.2, 0.25) is 0 Å². The van der Waals surface area contributed by atoms with E-state index in [4.69, 9.17) is 4.74 Å². The molecule has 0 aliphatic heterocycles. The predicted octanol–water partition coefficient (Wildman–Crippen LogP) is 2.99. The van der Waals surface area contributed by atoms with E-state index in [2.05, 4.69) is 34.3 Å². The summed E-state index contributed by atoms with van der Waals surface area (Å²) in [5.74, 6) is 1.76. The number of hydrogen-bond acceptors (Lipinski definition) is 4. The molecule has 2 N–H and O–H groups in total. The standard InChI is InChI=1S/C14H19N3OS/c1-10(15-2)11-4-5-13(18-3)12(8-11)9-19-14-16-6-7-17-14/h4-8,10,15H,9H2,1-3H3,(H,16,17). The van der Waals surface area contributed by atoms with Gasteiger partial charge in [-0.15, -0.1) is 0 Å². The van der Waals surface area contributed by atoms with E-state index in [1.165, 1.54) is 11.1 Å². The third-order valence-electron chi connectivity index (χ3n) is 3.07. The van der Waals surface area contributed by atoms with Crippen molar-refractivity contribution in [3.63, 3.8) is 0 Å². The van der Waals surface area contributed by atoms with E-state index in [0.29, 0.717) is 6.04 Å². The van der Waals surface area contributed by atoms with E-state index < -0.39 is 0 Å². The van der Waals surface area contributed by atoms with Gasteiger partial charge in [0.15, 0.2) is 5.16 Å². The van der Waals surface area contributed by atoms with E-state index in [1.807, 2.05) is 19.3 Å². The fourth-order valence-electron chi connectivity index (χ4n) is 1.82. The molecule has 0 aliphatic carbocycles. The van der Waals surface area contributed by atoms with Crippen LogP contribution in [0.1, 0.15) is 24.1 Å². The summed E-state index contributed by atoms with van der Waals surface area (Å²) in [7, 11) is 3.67. The molecule has 1 atom stereocenters. The predicted molar refractivity (Wildman–Crippen MR) is 78.6 cm³/mol. The number of aromatic amines is 1. The molecular weight excluding hydrogens is 258 g/mol. The Hall–Kier alpha value is -1.46. The van der Waals surface area contributed by atoms with Gasteiger partial charge >= 0.3 is 0 Å². The Labute approximate surface area is 118 Å². The highest BCUT2D eigenvalue weighted by Crippen LogP contribution is 2.28. The second-order valence-electron chi connectivity index (χ2n) is 4.26. The molecule has 4 nitrogen and oxygen atoms in total. The first-order chi connectivity index (χ1) is 9.24. The molecule has 5 heteroatoms. The number of benzene rings is 1. The number of nitrogens with one attached hydrogen (secondary N) is 2. The molecule has 19 heavy (non-hydrogen) atoms. The molecule has 0 amide bonds. The van der Waals surface area contributed by atoms with Crippen LogP contribution in [0.4, 0.5) is 0 Å². The molecule has 0 saturated heterocycles. The number of H-pyrrole nitrogens is 1. The van der Waals surface area contributed by atoms with Gasteiger partial charge in [-0.05, 0) is 31.7 Å². The lowest BCUT2D eigenvalue weighted by Gasteiger charge is -2.14. The zero-order valence-corrected chi connectivity index (χ0v) is 12.3. The van der Waals surface area contributed by atoms with Crippen LogP contribution in [0.15, 0.2) is 35.7 Å². The smallest absolute Gasteiger partial charge is 0.165 e. The summed E-state index contributed by atoms with van der Waals surface area (Å²) < 4.78 is 5.42. The highest BCUT2D eigenvalue weighted by molar-refractivity contribution is 7.98. The summed E-state index contributed by atoms with van der Waals surface area (Å²) in [5.41, 5.74) is 2.45.